The smallest absolute Gasteiger partial charge is 0.308 e. The zero-order valence-corrected chi connectivity index (χ0v) is 10.6. The molecule has 1 aromatic carbocycles. The first-order valence-corrected chi connectivity index (χ1v) is 6.05. The fraction of sp³-hybridized carbons (Fsp3) is 0.400. The number of rotatable bonds is 6. The van der Waals surface area contributed by atoms with E-state index in [1.165, 1.54) is 0 Å². The van der Waals surface area contributed by atoms with Crippen LogP contribution in [0.3, 0.4) is 0 Å². The van der Waals surface area contributed by atoms with E-state index < -0.39 is 0 Å². The van der Waals surface area contributed by atoms with E-state index in [4.69, 9.17) is 4.74 Å². The topological polar surface area (TPSA) is 26.3 Å². The van der Waals surface area contributed by atoms with E-state index in [1.54, 1.807) is 0 Å². The number of carbonyl (C=O) groups excluding carboxylic acids is 1. The Labute approximate surface area is 103 Å². The fourth-order valence-electron chi connectivity index (χ4n) is 1.61. The molecule has 0 aromatic heterocycles. The highest BCUT2D eigenvalue weighted by Gasteiger charge is 2.14. The first kappa shape index (κ1) is 13.5. The third-order valence-corrected chi connectivity index (χ3v) is 2.75. The predicted molar refractivity (Wildman–Crippen MR) is 70.5 cm³/mol. The summed E-state index contributed by atoms with van der Waals surface area (Å²) in [6.45, 7) is 8.22. The van der Waals surface area contributed by atoms with Crippen LogP contribution < -0.4 is 0 Å². The van der Waals surface area contributed by atoms with Gasteiger partial charge in [0.2, 0.25) is 0 Å². The van der Waals surface area contributed by atoms with Gasteiger partial charge in [-0.2, -0.15) is 0 Å². The first-order valence-electron chi connectivity index (χ1n) is 6.05. The minimum absolute atomic E-state index is 0.0598. The summed E-state index contributed by atoms with van der Waals surface area (Å²) in [5, 5.41) is 0. The minimum Gasteiger partial charge on any atom is -0.466 e. The van der Waals surface area contributed by atoms with E-state index in [9.17, 15) is 4.79 Å². The van der Waals surface area contributed by atoms with Gasteiger partial charge in [-0.3, -0.25) is 4.79 Å². The molecule has 17 heavy (non-hydrogen) atoms. The zero-order valence-electron chi connectivity index (χ0n) is 10.6. The fourth-order valence-corrected chi connectivity index (χ4v) is 1.61. The molecule has 92 valence electrons. The maximum atomic E-state index is 11.4. The summed E-state index contributed by atoms with van der Waals surface area (Å²) in [6.07, 6.45) is 1.61. The van der Waals surface area contributed by atoms with Gasteiger partial charge in [-0.1, -0.05) is 43.8 Å². The van der Waals surface area contributed by atoms with Crippen LogP contribution in [-0.2, 0) is 9.53 Å². The highest BCUT2D eigenvalue weighted by molar-refractivity contribution is 5.72. The van der Waals surface area contributed by atoms with Crippen molar-refractivity contribution in [3.05, 3.63) is 42.5 Å². The molecular weight excluding hydrogens is 212 g/mol. The highest BCUT2D eigenvalue weighted by atomic mass is 16.5. The molecule has 0 aliphatic rings. The molecule has 0 aliphatic heterocycles. The van der Waals surface area contributed by atoms with Gasteiger partial charge in [0.25, 0.3) is 0 Å². The Balaban J connectivity index is 2.41. The Kier molecular flexibility index (Phi) is 5.47. The first-order chi connectivity index (χ1) is 8.15. The molecule has 0 saturated heterocycles. The van der Waals surface area contributed by atoms with E-state index in [2.05, 4.69) is 6.58 Å². The lowest BCUT2D eigenvalue weighted by Crippen LogP contribution is -2.14. The Bertz CT molecular complexity index is 368. The van der Waals surface area contributed by atoms with E-state index in [1.807, 2.05) is 44.2 Å². The summed E-state index contributed by atoms with van der Waals surface area (Å²) in [7, 11) is 0. The summed E-state index contributed by atoms with van der Waals surface area (Å²) < 4.78 is 4.97. The van der Waals surface area contributed by atoms with Crippen molar-refractivity contribution in [3.8, 4) is 0 Å². The molecule has 0 saturated carbocycles. The third-order valence-electron chi connectivity index (χ3n) is 2.75. The molecule has 0 N–H and O–H groups in total. The quantitative estimate of drug-likeness (QED) is 0.699. The van der Waals surface area contributed by atoms with Crippen LogP contribution in [0.2, 0.25) is 0 Å². The van der Waals surface area contributed by atoms with Crippen LogP contribution in [0.5, 0.6) is 0 Å². The van der Waals surface area contributed by atoms with Crippen LogP contribution in [0.15, 0.2) is 36.9 Å². The number of allylic oxidation sites excluding steroid dienone is 1. The van der Waals surface area contributed by atoms with E-state index in [0.717, 1.165) is 24.0 Å². The molecule has 0 heterocycles. The number of esters is 1. The highest BCUT2D eigenvalue weighted by Crippen LogP contribution is 2.20. The van der Waals surface area contributed by atoms with E-state index >= 15 is 0 Å². The predicted octanol–water partition coefficient (Wildman–Crippen LogP) is 3.68. The molecule has 0 amide bonds. The second-order valence-corrected chi connectivity index (χ2v) is 4.16. The average Bonchev–Trinajstić information content (AvgIpc) is 2.36. The van der Waals surface area contributed by atoms with Gasteiger partial charge >= 0.3 is 5.97 Å². The summed E-state index contributed by atoms with van der Waals surface area (Å²) >= 11 is 0. The lowest BCUT2D eigenvalue weighted by atomic mass is 9.97. The summed E-state index contributed by atoms with van der Waals surface area (Å²) in [5.41, 5.74) is 2.21. The minimum atomic E-state index is -0.117. The van der Waals surface area contributed by atoms with Gasteiger partial charge in [0.05, 0.1) is 12.5 Å². The number of benzene rings is 1. The number of hydrogen-bond donors (Lipinski definition) is 0. The molecule has 0 spiro atoms. The average molecular weight is 232 g/mol. The molecule has 1 atom stereocenters. The largest absolute Gasteiger partial charge is 0.466 e. The Morgan fingerprint density at radius 3 is 2.59 bits per heavy atom. The molecule has 1 unspecified atom stereocenters. The lowest BCUT2D eigenvalue weighted by molar-refractivity contribution is -0.147. The normalized spacial score (nSPS) is 11.9. The summed E-state index contributed by atoms with van der Waals surface area (Å²) in [5.74, 6) is -0.177. The molecule has 0 fully saturated rings. The summed E-state index contributed by atoms with van der Waals surface area (Å²) in [6, 6.07) is 10.1. The molecule has 0 aliphatic carbocycles. The van der Waals surface area contributed by atoms with E-state index in [-0.39, 0.29) is 11.9 Å². The van der Waals surface area contributed by atoms with Crippen LogP contribution in [-0.4, -0.2) is 12.6 Å². The van der Waals surface area contributed by atoms with Crippen molar-refractivity contribution in [1.29, 1.82) is 0 Å². The molecule has 1 rings (SSSR count). The number of carbonyl (C=O) groups is 1. The second-order valence-electron chi connectivity index (χ2n) is 4.16. The van der Waals surface area contributed by atoms with Gasteiger partial charge < -0.3 is 4.74 Å². The van der Waals surface area contributed by atoms with Crippen LogP contribution in [0.1, 0.15) is 32.3 Å². The van der Waals surface area contributed by atoms with Crippen molar-refractivity contribution in [2.75, 3.05) is 6.61 Å². The maximum absolute atomic E-state index is 11.4. The molecule has 2 heteroatoms. The summed E-state index contributed by atoms with van der Waals surface area (Å²) in [4.78, 5) is 11.4. The van der Waals surface area contributed by atoms with Crippen LogP contribution >= 0.6 is 0 Å². The second kappa shape index (κ2) is 6.89. The van der Waals surface area contributed by atoms with Crippen molar-refractivity contribution >= 4 is 11.5 Å². The molecular formula is C15H20O2. The van der Waals surface area contributed by atoms with Gasteiger partial charge in [0.15, 0.2) is 0 Å². The zero-order chi connectivity index (χ0) is 12.7. The lowest BCUT2D eigenvalue weighted by Gasteiger charge is -2.11. The van der Waals surface area contributed by atoms with Crippen molar-refractivity contribution in [3.63, 3.8) is 0 Å². The van der Waals surface area contributed by atoms with Gasteiger partial charge in [-0.15, -0.1) is 0 Å². The van der Waals surface area contributed by atoms with Crippen LogP contribution in [0.4, 0.5) is 0 Å². The van der Waals surface area contributed by atoms with Crippen LogP contribution in [0.25, 0.3) is 5.57 Å². The van der Waals surface area contributed by atoms with Crippen LogP contribution in [0, 0.1) is 5.92 Å². The van der Waals surface area contributed by atoms with Crippen molar-refractivity contribution < 1.29 is 9.53 Å². The Morgan fingerprint density at radius 1 is 1.35 bits per heavy atom. The number of hydrogen-bond acceptors (Lipinski definition) is 2. The SMILES string of the molecule is C=C(CCC(C)C(=O)OCC)c1ccccc1. The monoisotopic (exact) mass is 232 g/mol. The third kappa shape index (κ3) is 4.43. The van der Waals surface area contributed by atoms with Crippen molar-refractivity contribution in [1.82, 2.24) is 0 Å². The molecule has 0 radical (unpaired) electrons. The molecule has 2 nitrogen and oxygen atoms in total. The maximum Gasteiger partial charge on any atom is 0.308 e. The Hall–Kier alpha value is -1.57. The number of ether oxygens (including phenoxy) is 1. The van der Waals surface area contributed by atoms with E-state index in [0.29, 0.717) is 6.61 Å². The van der Waals surface area contributed by atoms with Gasteiger partial charge in [-0.05, 0) is 30.9 Å². The molecule has 0 bridgehead atoms. The van der Waals surface area contributed by atoms with Gasteiger partial charge in [-0.25, -0.2) is 0 Å². The standard InChI is InChI=1S/C15H20O2/c1-4-17-15(16)13(3)11-10-12(2)14-8-6-5-7-9-14/h5-9,13H,2,4,10-11H2,1,3H3. The van der Waals surface area contributed by atoms with Crippen molar-refractivity contribution in [2.24, 2.45) is 5.92 Å². The Morgan fingerprint density at radius 2 is 2.00 bits per heavy atom. The van der Waals surface area contributed by atoms with Gasteiger partial charge in [0.1, 0.15) is 0 Å². The van der Waals surface area contributed by atoms with Crippen molar-refractivity contribution in [2.45, 2.75) is 26.7 Å². The van der Waals surface area contributed by atoms with Gasteiger partial charge in [0, 0.05) is 0 Å². The molecule has 1 aromatic rings.